The van der Waals surface area contributed by atoms with E-state index in [1.54, 1.807) is 6.33 Å². The first kappa shape index (κ1) is 8.01. The predicted octanol–water partition coefficient (Wildman–Crippen LogP) is 0.333. The molecule has 2 rings (SSSR count). The molecule has 0 saturated carbocycles. The second-order valence-corrected chi connectivity index (χ2v) is 3.28. The maximum atomic E-state index is 5.65. The van der Waals surface area contributed by atoms with E-state index in [2.05, 4.69) is 19.7 Å². The maximum absolute atomic E-state index is 5.65. The number of hydrogen-bond acceptors (Lipinski definition) is 3. The molecule has 1 aliphatic rings. The first-order chi connectivity index (χ1) is 5.90. The number of halogens is 1. The zero-order valence-corrected chi connectivity index (χ0v) is 7.54. The van der Waals surface area contributed by atoms with Gasteiger partial charge in [0, 0.05) is 25.5 Å². The molecular weight excluding hydrogens is 176 g/mol. The fraction of sp³-hybridized carbons (Fsp3) is 0.714. The van der Waals surface area contributed by atoms with Gasteiger partial charge in [-0.1, -0.05) is 0 Å². The minimum absolute atomic E-state index is 0.689. The summed E-state index contributed by atoms with van der Waals surface area (Å²) in [5.74, 6) is 1.74. The highest BCUT2D eigenvalue weighted by atomic mass is 35.5. The molecule has 0 radical (unpaired) electrons. The standard InChI is InChI=1S/C7H11ClN4/c8-1-2-11-3-4-12-6-9-10-7(12)5-11/h6H,1-5H2. The number of alkyl halides is 1. The number of nitrogens with zero attached hydrogens (tertiary/aromatic N) is 4. The Labute approximate surface area is 76.1 Å². The molecule has 2 heterocycles. The second-order valence-electron chi connectivity index (χ2n) is 2.91. The van der Waals surface area contributed by atoms with Crippen LogP contribution in [0.1, 0.15) is 5.82 Å². The van der Waals surface area contributed by atoms with E-state index in [0.29, 0.717) is 5.88 Å². The monoisotopic (exact) mass is 186 g/mol. The lowest BCUT2D eigenvalue weighted by atomic mass is 10.3. The van der Waals surface area contributed by atoms with Gasteiger partial charge in [-0.3, -0.25) is 4.90 Å². The molecule has 0 amide bonds. The lowest BCUT2D eigenvalue weighted by Crippen LogP contribution is -2.34. The van der Waals surface area contributed by atoms with Gasteiger partial charge in [0.25, 0.3) is 0 Å². The lowest BCUT2D eigenvalue weighted by molar-refractivity contribution is 0.229. The number of rotatable bonds is 2. The van der Waals surface area contributed by atoms with Crippen LogP contribution in [0.25, 0.3) is 0 Å². The van der Waals surface area contributed by atoms with Crippen LogP contribution in [0.15, 0.2) is 6.33 Å². The van der Waals surface area contributed by atoms with Crippen molar-refractivity contribution in [2.75, 3.05) is 19.0 Å². The van der Waals surface area contributed by atoms with Crippen molar-refractivity contribution < 1.29 is 0 Å². The topological polar surface area (TPSA) is 34.0 Å². The molecule has 1 aromatic rings. The zero-order chi connectivity index (χ0) is 8.39. The first-order valence-electron chi connectivity index (χ1n) is 4.05. The Hall–Kier alpha value is -0.610. The van der Waals surface area contributed by atoms with Crippen LogP contribution in [-0.4, -0.2) is 38.6 Å². The minimum Gasteiger partial charge on any atom is -0.315 e. The molecule has 0 aromatic carbocycles. The summed E-state index contributed by atoms with van der Waals surface area (Å²) in [7, 11) is 0. The largest absolute Gasteiger partial charge is 0.315 e. The maximum Gasteiger partial charge on any atom is 0.147 e. The van der Waals surface area contributed by atoms with Crippen LogP contribution >= 0.6 is 11.6 Å². The predicted molar refractivity (Wildman–Crippen MR) is 46.0 cm³/mol. The number of fused-ring (bicyclic) bond motifs is 1. The third-order valence-electron chi connectivity index (χ3n) is 2.12. The van der Waals surface area contributed by atoms with Crippen LogP contribution in [0, 0.1) is 0 Å². The number of aromatic nitrogens is 3. The van der Waals surface area contributed by atoms with Crippen molar-refractivity contribution in [2.24, 2.45) is 0 Å². The molecule has 5 heteroatoms. The van der Waals surface area contributed by atoms with Gasteiger partial charge < -0.3 is 4.57 Å². The second kappa shape index (κ2) is 3.41. The van der Waals surface area contributed by atoms with Gasteiger partial charge in [0.2, 0.25) is 0 Å². The van der Waals surface area contributed by atoms with Crippen LogP contribution < -0.4 is 0 Å². The van der Waals surface area contributed by atoms with Gasteiger partial charge in [0.05, 0.1) is 6.54 Å². The van der Waals surface area contributed by atoms with E-state index in [4.69, 9.17) is 11.6 Å². The normalized spacial score (nSPS) is 17.8. The summed E-state index contributed by atoms with van der Waals surface area (Å²) in [5, 5.41) is 7.87. The van der Waals surface area contributed by atoms with E-state index in [1.165, 1.54) is 0 Å². The highest BCUT2D eigenvalue weighted by Crippen LogP contribution is 2.08. The van der Waals surface area contributed by atoms with Gasteiger partial charge >= 0.3 is 0 Å². The van der Waals surface area contributed by atoms with E-state index in [-0.39, 0.29) is 0 Å². The molecule has 1 aliphatic heterocycles. The Morgan fingerprint density at radius 3 is 3.25 bits per heavy atom. The molecule has 12 heavy (non-hydrogen) atoms. The van der Waals surface area contributed by atoms with E-state index in [9.17, 15) is 0 Å². The van der Waals surface area contributed by atoms with Crippen LogP contribution in [0.4, 0.5) is 0 Å². The van der Waals surface area contributed by atoms with E-state index < -0.39 is 0 Å². The zero-order valence-electron chi connectivity index (χ0n) is 6.78. The molecule has 0 spiro atoms. The van der Waals surface area contributed by atoms with Crippen LogP contribution in [0.5, 0.6) is 0 Å². The molecule has 0 saturated heterocycles. The fourth-order valence-corrected chi connectivity index (χ4v) is 1.67. The average molecular weight is 187 g/mol. The molecule has 4 nitrogen and oxygen atoms in total. The molecule has 0 unspecified atom stereocenters. The summed E-state index contributed by atoms with van der Waals surface area (Å²) in [5.41, 5.74) is 0. The Balaban J connectivity index is 2.05. The van der Waals surface area contributed by atoms with Crippen LogP contribution in [0.3, 0.4) is 0 Å². The number of hydrogen-bond donors (Lipinski definition) is 0. The molecule has 0 bridgehead atoms. The van der Waals surface area contributed by atoms with Gasteiger partial charge in [0.1, 0.15) is 12.2 Å². The van der Waals surface area contributed by atoms with Crippen molar-refractivity contribution >= 4 is 11.6 Å². The van der Waals surface area contributed by atoms with Gasteiger partial charge in [-0.05, 0) is 0 Å². The third kappa shape index (κ3) is 1.44. The van der Waals surface area contributed by atoms with Gasteiger partial charge in [-0.25, -0.2) is 0 Å². The summed E-state index contributed by atoms with van der Waals surface area (Å²) >= 11 is 5.65. The fourth-order valence-electron chi connectivity index (χ4n) is 1.43. The SMILES string of the molecule is ClCCN1CCn2cnnc2C1. The summed E-state index contributed by atoms with van der Waals surface area (Å²) in [6.07, 6.45) is 1.79. The van der Waals surface area contributed by atoms with Crippen molar-refractivity contribution in [3.8, 4) is 0 Å². The van der Waals surface area contributed by atoms with E-state index in [0.717, 1.165) is 32.0 Å². The Kier molecular flexibility index (Phi) is 2.28. The molecule has 0 N–H and O–H groups in total. The Morgan fingerprint density at radius 1 is 1.50 bits per heavy atom. The first-order valence-corrected chi connectivity index (χ1v) is 4.58. The Morgan fingerprint density at radius 2 is 2.42 bits per heavy atom. The van der Waals surface area contributed by atoms with Crippen molar-refractivity contribution in [1.29, 1.82) is 0 Å². The molecule has 1 aromatic heterocycles. The minimum atomic E-state index is 0.689. The average Bonchev–Trinajstić information content (AvgIpc) is 2.51. The van der Waals surface area contributed by atoms with Crippen molar-refractivity contribution in [3.05, 3.63) is 12.2 Å². The molecule has 0 aliphatic carbocycles. The van der Waals surface area contributed by atoms with Crippen LogP contribution in [-0.2, 0) is 13.1 Å². The van der Waals surface area contributed by atoms with Crippen LogP contribution in [0.2, 0.25) is 0 Å². The summed E-state index contributed by atoms with van der Waals surface area (Å²) in [6, 6.07) is 0. The van der Waals surface area contributed by atoms with Gasteiger partial charge in [0.15, 0.2) is 0 Å². The highest BCUT2D eigenvalue weighted by molar-refractivity contribution is 6.18. The quantitative estimate of drug-likeness (QED) is 0.625. The third-order valence-corrected chi connectivity index (χ3v) is 2.29. The van der Waals surface area contributed by atoms with Crippen molar-refractivity contribution in [2.45, 2.75) is 13.1 Å². The molecular formula is C7H11ClN4. The highest BCUT2D eigenvalue weighted by Gasteiger charge is 2.15. The molecule has 0 atom stereocenters. The van der Waals surface area contributed by atoms with Gasteiger partial charge in [-0.2, -0.15) is 0 Å². The molecule has 0 fully saturated rings. The van der Waals surface area contributed by atoms with E-state index in [1.807, 2.05) is 0 Å². The smallest absolute Gasteiger partial charge is 0.147 e. The van der Waals surface area contributed by atoms with E-state index >= 15 is 0 Å². The van der Waals surface area contributed by atoms with Crippen molar-refractivity contribution in [3.63, 3.8) is 0 Å². The molecule has 66 valence electrons. The summed E-state index contributed by atoms with van der Waals surface area (Å²) in [6.45, 7) is 3.86. The Bertz CT molecular complexity index is 260. The summed E-state index contributed by atoms with van der Waals surface area (Å²) in [4.78, 5) is 2.29. The van der Waals surface area contributed by atoms with Gasteiger partial charge in [-0.15, -0.1) is 21.8 Å². The summed E-state index contributed by atoms with van der Waals surface area (Å²) < 4.78 is 2.09. The lowest BCUT2D eigenvalue weighted by Gasteiger charge is -2.25. The van der Waals surface area contributed by atoms with Crippen molar-refractivity contribution in [1.82, 2.24) is 19.7 Å².